The van der Waals surface area contributed by atoms with E-state index in [-0.39, 0.29) is 5.78 Å². The Balaban J connectivity index is 1.96. The zero-order valence-corrected chi connectivity index (χ0v) is 12.5. The summed E-state index contributed by atoms with van der Waals surface area (Å²) in [5, 5.41) is 0.696. The fraction of sp³-hybridized carbons (Fsp3) is 0.167. The van der Waals surface area contributed by atoms with E-state index in [1.165, 1.54) is 0 Å². The molecule has 0 amide bonds. The Kier molecular flexibility index (Phi) is 3.80. The number of halogens is 1. The molecule has 0 atom stereocenters. The summed E-state index contributed by atoms with van der Waals surface area (Å²) in [6, 6.07) is 13.2. The summed E-state index contributed by atoms with van der Waals surface area (Å²) < 4.78 is 5.21. The molecule has 1 aliphatic carbocycles. The molecule has 0 N–H and O–H groups in total. The van der Waals surface area contributed by atoms with Gasteiger partial charge in [0, 0.05) is 16.2 Å². The summed E-state index contributed by atoms with van der Waals surface area (Å²) in [5.74, 6) is 0.806. The summed E-state index contributed by atoms with van der Waals surface area (Å²) >= 11 is 5.88. The van der Waals surface area contributed by atoms with Gasteiger partial charge in [0.2, 0.25) is 0 Å². The van der Waals surface area contributed by atoms with E-state index in [9.17, 15) is 4.79 Å². The van der Waals surface area contributed by atoms with Gasteiger partial charge >= 0.3 is 0 Å². The van der Waals surface area contributed by atoms with Crippen molar-refractivity contribution < 1.29 is 9.53 Å². The number of hydrogen-bond acceptors (Lipinski definition) is 2. The highest BCUT2D eigenvalue weighted by molar-refractivity contribution is 6.30. The number of carbonyl (C=O) groups excluding carboxylic acids is 1. The molecule has 2 aromatic rings. The molecule has 0 aliphatic heterocycles. The summed E-state index contributed by atoms with van der Waals surface area (Å²) in [6.07, 6.45) is 3.59. The third-order valence-corrected chi connectivity index (χ3v) is 3.98. The van der Waals surface area contributed by atoms with Gasteiger partial charge in [0.25, 0.3) is 0 Å². The third kappa shape index (κ3) is 2.86. The van der Waals surface area contributed by atoms with E-state index in [4.69, 9.17) is 16.3 Å². The maximum Gasteiger partial charge on any atom is 0.189 e. The van der Waals surface area contributed by atoms with Crippen molar-refractivity contribution in [1.29, 1.82) is 0 Å². The zero-order chi connectivity index (χ0) is 14.8. The molecular weight excluding hydrogens is 284 g/mol. The molecule has 106 valence electrons. The lowest BCUT2D eigenvalue weighted by molar-refractivity contribution is 0.102. The van der Waals surface area contributed by atoms with E-state index in [0.717, 1.165) is 40.9 Å². The molecule has 1 aliphatic rings. The minimum absolute atomic E-state index is 0.0881. The van der Waals surface area contributed by atoms with E-state index in [0.29, 0.717) is 5.02 Å². The Morgan fingerprint density at radius 2 is 1.86 bits per heavy atom. The summed E-state index contributed by atoms with van der Waals surface area (Å²) in [4.78, 5) is 12.6. The lowest BCUT2D eigenvalue weighted by Gasteiger charge is -2.18. The molecule has 0 spiro atoms. The molecule has 0 radical (unpaired) electrons. The van der Waals surface area contributed by atoms with Crippen LogP contribution in [0.3, 0.4) is 0 Å². The molecule has 2 nitrogen and oxygen atoms in total. The first-order chi connectivity index (χ1) is 10.2. The lowest BCUT2D eigenvalue weighted by atomic mass is 9.86. The van der Waals surface area contributed by atoms with Crippen LogP contribution in [0.1, 0.15) is 27.9 Å². The van der Waals surface area contributed by atoms with Crippen LogP contribution < -0.4 is 4.74 Å². The molecule has 2 aromatic carbocycles. The highest BCUT2D eigenvalue weighted by atomic mass is 35.5. The minimum atomic E-state index is 0.0881. The molecule has 0 heterocycles. The predicted octanol–water partition coefficient (Wildman–Crippen LogP) is 4.56. The van der Waals surface area contributed by atoms with Crippen molar-refractivity contribution in [2.75, 3.05) is 7.11 Å². The molecule has 0 aromatic heterocycles. The van der Waals surface area contributed by atoms with Crippen molar-refractivity contribution in [3.63, 3.8) is 0 Å². The van der Waals surface area contributed by atoms with Crippen LogP contribution in [0.25, 0.3) is 6.08 Å². The first-order valence-electron chi connectivity index (χ1n) is 6.85. The number of aryl methyl sites for hydroxylation is 1. The number of hydrogen-bond donors (Lipinski definition) is 0. The summed E-state index contributed by atoms with van der Waals surface area (Å²) in [7, 11) is 1.61. The van der Waals surface area contributed by atoms with Crippen LogP contribution in [-0.4, -0.2) is 12.9 Å². The molecule has 0 fully saturated rings. The van der Waals surface area contributed by atoms with Gasteiger partial charge in [0.15, 0.2) is 5.78 Å². The van der Waals surface area contributed by atoms with Crippen LogP contribution in [0.4, 0.5) is 0 Å². The van der Waals surface area contributed by atoms with Crippen molar-refractivity contribution >= 4 is 23.5 Å². The Hall–Kier alpha value is -2.06. The first-order valence-corrected chi connectivity index (χ1v) is 7.23. The number of carbonyl (C=O) groups is 1. The van der Waals surface area contributed by atoms with Crippen molar-refractivity contribution in [2.24, 2.45) is 0 Å². The number of fused-ring (bicyclic) bond motifs is 1. The lowest BCUT2D eigenvalue weighted by Crippen LogP contribution is -2.14. The molecule has 21 heavy (non-hydrogen) atoms. The predicted molar refractivity (Wildman–Crippen MR) is 85.1 cm³/mol. The molecule has 0 bridgehead atoms. The summed E-state index contributed by atoms with van der Waals surface area (Å²) in [6.45, 7) is 0. The van der Waals surface area contributed by atoms with E-state index < -0.39 is 0 Å². The van der Waals surface area contributed by atoms with E-state index >= 15 is 0 Å². The van der Waals surface area contributed by atoms with Crippen LogP contribution in [0.5, 0.6) is 5.75 Å². The maximum atomic E-state index is 12.6. The van der Waals surface area contributed by atoms with E-state index in [2.05, 4.69) is 0 Å². The van der Waals surface area contributed by atoms with Gasteiger partial charge in [-0.2, -0.15) is 0 Å². The van der Waals surface area contributed by atoms with E-state index in [1.54, 1.807) is 7.11 Å². The van der Waals surface area contributed by atoms with Gasteiger partial charge in [-0.3, -0.25) is 4.79 Å². The van der Waals surface area contributed by atoms with Gasteiger partial charge in [0.1, 0.15) is 5.75 Å². The molecule has 3 heteroatoms. The van der Waals surface area contributed by atoms with Crippen molar-refractivity contribution in [3.8, 4) is 5.75 Å². The molecule has 3 rings (SSSR count). The number of Topliss-reactive ketones (excluding diaryl/α,β-unsaturated/α-hetero) is 1. The Labute approximate surface area is 129 Å². The quantitative estimate of drug-likeness (QED) is 0.760. The second kappa shape index (κ2) is 5.74. The van der Waals surface area contributed by atoms with Crippen molar-refractivity contribution in [1.82, 2.24) is 0 Å². The normalized spacial score (nSPS) is 15.9. The second-order valence-corrected chi connectivity index (χ2v) is 5.51. The average molecular weight is 299 g/mol. The fourth-order valence-corrected chi connectivity index (χ4v) is 2.69. The smallest absolute Gasteiger partial charge is 0.189 e. The minimum Gasteiger partial charge on any atom is -0.497 e. The van der Waals surface area contributed by atoms with Gasteiger partial charge in [-0.15, -0.1) is 0 Å². The Morgan fingerprint density at radius 1 is 1.10 bits per heavy atom. The molecular formula is C18H15ClO2. The third-order valence-electron chi connectivity index (χ3n) is 3.73. The largest absolute Gasteiger partial charge is 0.497 e. The van der Waals surface area contributed by atoms with Gasteiger partial charge < -0.3 is 4.74 Å². The number of ketones is 1. The van der Waals surface area contributed by atoms with Gasteiger partial charge in [0.05, 0.1) is 7.11 Å². The van der Waals surface area contributed by atoms with Crippen LogP contribution >= 0.6 is 11.6 Å². The number of benzene rings is 2. The van der Waals surface area contributed by atoms with Gasteiger partial charge in [-0.25, -0.2) is 0 Å². The summed E-state index contributed by atoms with van der Waals surface area (Å²) in [5.41, 5.74) is 3.67. The van der Waals surface area contributed by atoms with Crippen LogP contribution in [0.2, 0.25) is 5.02 Å². The molecule has 0 saturated carbocycles. The van der Waals surface area contributed by atoms with Crippen molar-refractivity contribution in [2.45, 2.75) is 12.8 Å². The number of allylic oxidation sites excluding steroid dienone is 1. The van der Waals surface area contributed by atoms with Gasteiger partial charge in [-0.1, -0.05) is 29.8 Å². The van der Waals surface area contributed by atoms with Crippen LogP contribution in [0, 0.1) is 0 Å². The highest BCUT2D eigenvalue weighted by Crippen LogP contribution is 2.29. The number of ether oxygens (including phenoxy) is 1. The van der Waals surface area contributed by atoms with Gasteiger partial charge in [-0.05, 0) is 54.3 Å². The standard InChI is InChI=1S/C18H15ClO2/c1-21-16-9-6-13-4-5-14(18(20)17(13)11-16)10-12-2-7-15(19)8-3-12/h2-3,6-11H,4-5H2,1H3/b14-10-. The number of rotatable bonds is 2. The van der Waals surface area contributed by atoms with Crippen molar-refractivity contribution in [3.05, 3.63) is 69.8 Å². The average Bonchev–Trinajstić information content (AvgIpc) is 2.52. The Morgan fingerprint density at radius 3 is 2.57 bits per heavy atom. The van der Waals surface area contributed by atoms with Crippen LogP contribution in [0.15, 0.2) is 48.0 Å². The first kappa shape index (κ1) is 13.9. The topological polar surface area (TPSA) is 26.3 Å². The SMILES string of the molecule is COc1ccc2c(c1)C(=O)/C(=C\c1ccc(Cl)cc1)CC2. The fourth-order valence-electron chi connectivity index (χ4n) is 2.57. The molecule has 0 unspecified atom stereocenters. The highest BCUT2D eigenvalue weighted by Gasteiger charge is 2.22. The number of methoxy groups -OCH3 is 1. The Bertz CT molecular complexity index is 714. The monoisotopic (exact) mass is 298 g/mol. The second-order valence-electron chi connectivity index (χ2n) is 5.07. The zero-order valence-electron chi connectivity index (χ0n) is 11.7. The van der Waals surface area contributed by atoms with Crippen LogP contribution in [-0.2, 0) is 6.42 Å². The van der Waals surface area contributed by atoms with E-state index in [1.807, 2.05) is 48.5 Å². The maximum absolute atomic E-state index is 12.6. The molecule has 0 saturated heterocycles.